The van der Waals surface area contributed by atoms with Gasteiger partial charge in [-0.05, 0) is 68.7 Å². The van der Waals surface area contributed by atoms with E-state index in [9.17, 15) is 18.4 Å². The molecular formula is C32H42F2N6O3. The van der Waals surface area contributed by atoms with E-state index in [1.807, 2.05) is 18.2 Å². The molecule has 4 aliphatic rings. The highest BCUT2D eigenvalue weighted by Crippen LogP contribution is 2.34. The lowest BCUT2D eigenvalue weighted by Crippen LogP contribution is -2.46. The molecule has 0 radical (unpaired) electrons. The standard InChI is InChI=1S/C32H42F2N6O3/c33-23-16-22(17-24(34)19-23)15-21-1-4-29(35)28(18-21)31(36)38-32(42)27-3-2-26(40-9-7-39(8-10-40)11-12-41)20-30(27)37-25-5-13-43-14-6-25/h2-3,12,16,18,20,22,24-25,37H,1,4-11,13-15,17,19,35H2,(H2,36,38,42). The van der Waals surface area contributed by atoms with Gasteiger partial charge in [0.2, 0.25) is 0 Å². The van der Waals surface area contributed by atoms with Gasteiger partial charge in [-0.1, -0.05) is 11.6 Å². The first-order chi connectivity index (χ1) is 20.8. The average molecular weight is 597 g/mol. The van der Waals surface area contributed by atoms with Crippen LogP contribution in [0, 0.1) is 5.92 Å². The van der Waals surface area contributed by atoms with Gasteiger partial charge in [-0.25, -0.2) is 8.78 Å². The SMILES string of the molecule is NC(=NC(=O)c1ccc(N2CCN(CC=O)CC2)cc1NC1CCOCC1)C1=C(N)CCC(CC2C=C(F)CC(F)C2)=C1. The molecule has 1 aromatic carbocycles. The van der Waals surface area contributed by atoms with Crippen LogP contribution in [0.25, 0.3) is 0 Å². The van der Waals surface area contributed by atoms with Crippen LogP contribution >= 0.6 is 0 Å². The Kier molecular flexibility index (Phi) is 10.2. The number of aliphatic imine (C=N–C) groups is 1. The molecule has 1 amide bonds. The van der Waals surface area contributed by atoms with Gasteiger partial charge in [0.15, 0.2) is 0 Å². The number of carbonyl (C=O) groups is 2. The molecule has 0 bridgehead atoms. The minimum atomic E-state index is -1.18. The highest BCUT2D eigenvalue weighted by atomic mass is 19.1. The molecule has 232 valence electrons. The molecule has 2 heterocycles. The van der Waals surface area contributed by atoms with Crippen LogP contribution in [0.1, 0.15) is 55.3 Å². The maximum Gasteiger partial charge on any atom is 0.281 e. The number of benzene rings is 1. The fraction of sp³-hybridized carbons (Fsp3) is 0.531. The molecule has 2 unspecified atom stereocenters. The number of anilines is 2. The van der Waals surface area contributed by atoms with Crippen molar-refractivity contribution in [2.24, 2.45) is 22.4 Å². The van der Waals surface area contributed by atoms with Crippen molar-refractivity contribution in [1.29, 1.82) is 0 Å². The van der Waals surface area contributed by atoms with Gasteiger partial charge in [0.1, 0.15) is 18.3 Å². The van der Waals surface area contributed by atoms with Crippen molar-refractivity contribution < 1.29 is 23.1 Å². The number of piperazine rings is 1. The van der Waals surface area contributed by atoms with E-state index < -0.39 is 17.9 Å². The van der Waals surface area contributed by atoms with Crippen molar-refractivity contribution in [3.05, 3.63) is 58.6 Å². The van der Waals surface area contributed by atoms with E-state index in [0.29, 0.717) is 61.5 Å². The van der Waals surface area contributed by atoms with E-state index in [1.54, 1.807) is 6.07 Å². The number of carbonyl (C=O) groups excluding carboxylic acids is 2. The predicted molar refractivity (Wildman–Crippen MR) is 165 cm³/mol. The molecular weight excluding hydrogens is 554 g/mol. The van der Waals surface area contributed by atoms with Crippen LogP contribution in [0.15, 0.2) is 58.0 Å². The number of rotatable bonds is 9. The Labute approximate surface area is 251 Å². The number of amidine groups is 1. The summed E-state index contributed by atoms with van der Waals surface area (Å²) >= 11 is 0. The maximum atomic E-state index is 13.9. The highest BCUT2D eigenvalue weighted by Gasteiger charge is 2.26. The molecule has 2 fully saturated rings. The quantitative estimate of drug-likeness (QED) is 0.222. The van der Waals surface area contributed by atoms with Crippen molar-refractivity contribution in [3.63, 3.8) is 0 Å². The Morgan fingerprint density at radius 1 is 1.16 bits per heavy atom. The van der Waals surface area contributed by atoms with Crippen molar-refractivity contribution in [1.82, 2.24) is 4.90 Å². The first-order valence-electron chi connectivity index (χ1n) is 15.3. The van der Waals surface area contributed by atoms with Crippen LogP contribution in [0.3, 0.4) is 0 Å². The lowest BCUT2D eigenvalue weighted by molar-refractivity contribution is -0.108. The van der Waals surface area contributed by atoms with Gasteiger partial charge >= 0.3 is 0 Å². The lowest BCUT2D eigenvalue weighted by Gasteiger charge is -2.35. The smallest absolute Gasteiger partial charge is 0.281 e. The molecule has 2 aliphatic heterocycles. The zero-order valence-corrected chi connectivity index (χ0v) is 24.6. The number of ether oxygens (including phenoxy) is 1. The van der Waals surface area contributed by atoms with E-state index in [2.05, 4.69) is 20.1 Å². The van der Waals surface area contributed by atoms with Gasteiger partial charge in [-0.2, -0.15) is 4.99 Å². The third-order valence-electron chi connectivity index (χ3n) is 8.71. The molecule has 0 spiro atoms. The number of aldehydes is 1. The van der Waals surface area contributed by atoms with Crippen LogP contribution in [0.2, 0.25) is 0 Å². The molecule has 5 N–H and O–H groups in total. The second-order valence-electron chi connectivity index (χ2n) is 11.9. The number of hydrogen-bond donors (Lipinski definition) is 3. The summed E-state index contributed by atoms with van der Waals surface area (Å²) in [6, 6.07) is 5.85. The highest BCUT2D eigenvalue weighted by molar-refractivity contribution is 6.12. The zero-order valence-electron chi connectivity index (χ0n) is 24.6. The van der Waals surface area contributed by atoms with E-state index in [4.69, 9.17) is 16.2 Å². The van der Waals surface area contributed by atoms with Crippen molar-refractivity contribution in [2.75, 3.05) is 56.2 Å². The summed E-state index contributed by atoms with van der Waals surface area (Å²) in [7, 11) is 0. The van der Waals surface area contributed by atoms with Gasteiger partial charge in [0.05, 0.1) is 17.9 Å². The van der Waals surface area contributed by atoms with Crippen LogP contribution < -0.4 is 21.7 Å². The molecule has 43 heavy (non-hydrogen) atoms. The lowest BCUT2D eigenvalue weighted by atomic mass is 9.84. The molecule has 0 aromatic heterocycles. The second kappa shape index (κ2) is 14.3. The number of nitrogens with zero attached hydrogens (tertiary/aromatic N) is 3. The zero-order chi connectivity index (χ0) is 30.3. The molecule has 2 atom stereocenters. The van der Waals surface area contributed by atoms with Crippen LogP contribution in [-0.4, -0.2) is 81.1 Å². The Balaban J connectivity index is 1.35. The number of alkyl halides is 1. The van der Waals surface area contributed by atoms with Crippen LogP contribution in [0.5, 0.6) is 0 Å². The topological polar surface area (TPSA) is 126 Å². The third-order valence-corrected chi connectivity index (χ3v) is 8.71. The summed E-state index contributed by atoms with van der Waals surface area (Å²) in [5.74, 6) is -1.08. The number of halogens is 2. The summed E-state index contributed by atoms with van der Waals surface area (Å²) in [4.78, 5) is 33.1. The molecule has 0 saturated carbocycles. The summed E-state index contributed by atoms with van der Waals surface area (Å²) in [6.45, 7) is 4.87. The van der Waals surface area contributed by atoms with Crippen LogP contribution in [-0.2, 0) is 9.53 Å². The Morgan fingerprint density at radius 2 is 1.93 bits per heavy atom. The average Bonchev–Trinajstić information content (AvgIpc) is 2.98. The molecule has 9 nitrogen and oxygen atoms in total. The van der Waals surface area contributed by atoms with Gasteiger partial charge in [0.25, 0.3) is 5.91 Å². The molecule has 1 aromatic rings. The fourth-order valence-electron chi connectivity index (χ4n) is 6.31. The number of allylic oxidation sites excluding steroid dienone is 4. The number of nitrogens with one attached hydrogen (secondary N) is 1. The van der Waals surface area contributed by atoms with Crippen molar-refractivity contribution >= 4 is 29.4 Å². The van der Waals surface area contributed by atoms with Gasteiger partial charge in [-0.3, -0.25) is 9.69 Å². The summed E-state index contributed by atoms with van der Waals surface area (Å²) in [6.07, 6.45) is 6.60. The monoisotopic (exact) mass is 596 g/mol. The summed E-state index contributed by atoms with van der Waals surface area (Å²) in [5, 5.41) is 3.55. The first kappa shape index (κ1) is 30.9. The van der Waals surface area contributed by atoms with Crippen molar-refractivity contribution in [3.8, 4) is 0 Å². The number of nitrogens with two attached hydrogens (primary N) is 2. The summed E-state index contributed by atoms with van der Waals surface area (Å²) < 4.78 is 33.3. The third kappa shape index (κ3) is 8.08. The van der Waals surface area contributed by atoms with E-state index >= 15 is 0 Å². The van der Waals surface area contributed by atoms with Gasteiger partial charge in [-0.15, -0.1) is 0 Å². The fourth-order valence-corrected chi connectivity index (χ4v) is 6.31. The predicted octanol–water partition coefficient (Wildman–Crippen LogP) is 4.02. The van der Waals surface area contributed by atoms with E-state index in [1.165, 1.54) is 6.08 Å². The van der Waals surface area contributed by atoms with Crippen molar-refractivity contribution in [2.45, 2.75) is 57.2 Å². The minimum absolute atomic E-state index is 0.0285. The summed E-state index contributed by atoms with van der Waals surface area (Å²) in [5.41, 5.74) is 16.8. The molecule has 5 rings (SSSR count). The van der Waals surface area contributed by atoms with Crippen LogP contribution in [0.4, 0.5) is 20.2 Å². The maximum absolute atomic E-state index is 13.9. The van der Waals surface area contributed by atoms with E-state index in [0.717, 1.165) is 56.6 Å². The van der Waals surface area contributed by atoms with Gasteiger partial charge < -0.3 is 31.2 Å². The minimum Gasteiger partial charge on any atom is -0.401 e. The Morgan fingerprint density at radius 3 is 2.65 bits per heavy atom. The largest absolute Gasteiger partial charge is 0.401 e. The Bertz CT molecular complexity index is 1310. The van der Waals surface area contributed by atoms with Gasteiger partial charge in [0, 0.05) is 74.5 Å². The molecule has 2 aliphatic carbocycles. The number of amides is 1. The Hall–Kier alpha value is -3.57. The normalized spacial score (nSPS) is 24.4. The molecule has 11 heteroatoms. The number of hydrogen-bond acceptors (Lipinski definition) is 7. The first-order valence-corrected chi connectivity index (χ1v) is 15.3. The second-order valence-corrected chi connectivity index (χ2v) is 11.9. The molecule has 2 saturated heterocycles. The van der Waals surface area contributed by atoms with E-state index in [-0.39, 0.29) is 30.6 Å².